The highest BCUT2D eigenvalue weighted by atomic mass is 35.5. The van der Waals surface area contributed by atoms with E-state index >= 15 is 0 Å². The van der Waals surface area contributed by atoms with E-state index in [4.69, 9.17) is 0 Å². The normalized spacial score (nSPS) is 14.6. The molecule has 0 bridgehead atoms. The summed E-state index contributed by atoms with van der Waals surface area (Å²) in [5.41, 5.74) is 1.47. The fraction of sp³-hybridized carbons (Fsp3) is 0.250. The maximum Gasteiger partial charge on any atom is 0.236 e. The van der Waals surface area contributed by atoms with Gasteiger partial charge in [0.05, 0.1) is 18.3 Å². The summed E-state index contributed by atoms with van der Waals surface area (Å²) in [7, 11) is -3.29. The largest absolute Gasteiger partial charge is 0.354 e. The fourth-order valence-corrected chi connectivity index (χ4v) is 2.89. The number of hydrogen-bond acceptors (Lipinski definition) is 5. The topological polar surface area (TPSA) is 75.5 Å². The summed E-state index contributed by atoms with van der Waals surface area (Å²) in [6, 6.07) is 7.37. The third-order valence-corrected chi connectivity index (χ3v) is 3.98. The van der Waals surface area contributed by atoms with E-state index < -0.39 is 10.0 Å². The Hall–Kier alpha value is -1.73. The number of aliphatic imine (C=N–C) groups is 1. The zero-order chi connectivity index (χ0) is 13.5. The van der Waals surface area contributed by atoms with Gasteiger partial charge >= 0.3 is 0 Å². The second-order valence-electron chi connectivity index (χ2n) is 4.43. The Labute approximate surface area is 123 Å². The summed E-state index contributed by atoms with van der Waals surface area (Å²) < 4.78 is 24.6. The van der Waals surface area contributed by atoms with Gasteiger partial charge in [0.2, 0.25) is 10.0 Å². The van der Waals surface area contributed by atoms with Crippen molar-refractivity contribution in [3.05, 3.63) is 30.5 Å². The summed E-state index contributed by atoms with van der Waals surface area (Å²) >= 11 is 0. The van der Waals surface area contributed by atoms with Crippen molar-refractivity contribution < 1.29 is 8.42 Å². The fourth-order valence-electron chi connectivity index (χ4n) is 2.09. The van der Waals surface area contributed by atoms with Crippen molar-refractivity contribution in [1.82, 2.24) is 9.29 Å². The van der Waals surface area contributed by atoms with Crippen LogP contribution in [-0.2, 0) is 10.0 Å². The Morgan fingerprint density at radius 1 is 1.35 bits per heavy atom. The Morgan fingerprint density at radius 3 is 2.80 bits per heavy atom. The van der Waals surface area contributed by atoms with E-state index in [0.29, 0.717) is 5.52 Å². The predicted octanol–water partition coefficient (Wildman–Crippen LogP) is 1.24. The number of hydrogen-bond donors (Lipinski definition) is 2. The molecule has 0 atom stereocenters. The van der Waals surface area contributed by atoms with Crippen LogP contribution in [0.25, 0.3) is 10.9 Å². The van der Waals surface area contributed by atoms with Gasteiger partial charge in [-0.2, -0.15) is 0 Å². The maximum absolute atomic E-state index is 11.7. The van der Waals surface area contributed by atoms with Crippen LogP contribution in [0.3, 0.4) is 0 Å². The highest BCUT2D eigenvalue weighted by Gasteiger charge is 2.11. The summed E-state index contributed by atoms with van der Waals surface area (Å²) in [4.78, 5) is 4.24. The number of guanidine groups is 1. The van der Waals surface area contributed by atoms with Gasteiger partial charge < -0.3 is 10.6 Å². The van der Waals surface area contributed by atoms with Crippen LogP contribution in [0.5, 0.6) is 0 Å². The van der Waals surface area contributed by atoms with Crippen LogP contribution in [0.2, 0.25) is 0 Å². The highest BCUT2D eigenvalue weighted by Crippen LogP contribution is 2.21. The second-order valence-corrected chi connectivity index (χ2v) is 6.29. The molecule has 2 N–H and O–H groups in total. The van der Waals surface area contributed by atoms with Crippen molar-refractivity contribution in [2.24, 2.45) is 4.99 Å². The SMILES string of the molecule is CS(=O)(=O)n1ccc2ccc(NC3=NCCN3)cc21.Cl. The molecule has 1 aliphatic heterocycles. The van der Waals surface area contributed by atoms with E-state index in [-0.39, 0.29) is 12.4 Å². The number of nitrogens with one attached hydrogen (secondary N) is 2. The van der Waals surface area contributed by atoms with Crippen LogP contribution >= 0.6 is 12.4 Å². The summed E-state index contributed by atoms with van der Waals surface area (Å²) in [6.07, 6.45) is 2.75. The van der Waals surface area contributed by atoms with Gasteiger partial charge in [-0.15, -0.1) is 12.4 Å². The number of aromatic nitrogens is 1. The second kappa shape index (κ2) is 5.34. The molecule has 6 nitrogen and oxygen atoms in total. The zero-order valence-corrected chi connectivity index (χ0v) is 12.5. The first-order valence-corrected chi connectivity index (χ1v) is 7.76. The lowest BCUT2D eigenvalue weighted by Gasteiger charge is -2.08. The van der Waals surface area contributed by atoms with Crippen molar-refractivity contribution in [3.63, 3.8) is 0 Å². The molecule has 1 aromatic heterocycles. The van der Waals surface area contributed by atoms with Crippen molar-refractivity contribution in [1.29, 1.82) is 0 Å². The molecular formula is C12H15ClN4O2S. The predicted molar refractivity (Wildman–Crippen MR) is 83.4 cm³/mol. The van der Waals surface area contributed by atoms with Gasteiger partial charge in [0, 0.05) is 23.8 Å². The summed E-state index contributed by atoms with van der Waals surface area (Å²) in [6.45, 7) is 1.58. The van der Waals surface area contributed by atoms with Crippen molar-refractivity contribution in [2.75, 3.05) is 24.7 Å². The molecule has 0 saturated heterocycles. The maximum atomic E-state index is 11.7. The average Bonchev–Trinajstić information content (AvgIpc) is 2.95. The van der Waals surface area contributed by atoms with Crippen molar-refractivity contribution >= 4 is 45.0 Å². The third kappa shape index (κ3) is 2.73. The Kier molecular flexibility index (Phi) is 3.92. The van der Waals surface area contributed by atoms with E-state index in [1.165, 1.54) is 10.2 Å². The number of fused-ring (bicyclic) bond motifs is 1. The van der Waals surface area contributed by atoms with E-state index in [1.807, 2.05) is 12.1 Å². The standard InChI is InChI=1S/C12H14N4O2S.ClH/c1-19(17,18)16-7-4-9-2-3-10(8-11(9)16)15-12-13-5-6-14-12;/h2-4,7-8H,5-6H2,1H3,(H2,13,14,15);1H. The molecule has 2 aromatic rings. The van der Waals surface area contributed by atoms with Crippen LogP contribution in [0.1, 0.15) is 0 Å². The minimum absolute atomic E-state index is 0. The van der Waals surface area contributed by atoms with Gasteiger partial charge in [0.15, 0.2) is 5.96 Å². The molecule has 0 aliphatic carbocycles. The van der Waals surface area contributed by atoms with Gasteiger partial charge in [-0.1, -0.05) is 6.07 Å². The lowest BCUT2D eigenvalue weighted by Crippen LogP contribution is -2.26. The van der Waals surface area contributed by atoms with Crippen molar-refractivity contribution in [2.45, 2.75) is 0 Å². The smallest absolute Gasteiger partial charge is 0.236 e. The van der Waals surface area contributed by atoms with Gasteiger partial charge in [-0.3, -0.25) is 4.99 Å². The molecule has 2 heterocycles. The molecule has 1 aliphatic rings. The molecule has 0 radical (unpaired) electrons. The van der Waals surface area contributed by atoms with Crippen LogP contribution < -0.4 is 10.6 Å². The summed E-state index contributed by atoms with van der Waals surface area (Å²) in [5, 5.41) is 7.12. The molecule has 20 heavy (non-hydrogen) atoms. The number of nitrogens with zero attached hydrogens (tertiary/aromatic N) is 2. The molecule has 0 unspecified atom stereocenters. The zero-order valence-electron chi connectivity index (χ0n) is 10.8. The van der Waals surface area contributed by atoms with E-state index in [0.717, 1.165) is 30.1 Å². The van der Waals surface area contributed by atoms with Gasteiger partial charge in [-0.05, 0) is 18.2 Å². The molecule has 0 amide bonds. The van der Waals surface area contributed by atoms with Crippen LogP contribution in [0.15, 0.2) is 35.5 Å². The highest BCUT2D eigenvalue weighted by molar-refractivity contribution is 7.89. The quantitative estimate of drug-likeness (QED) is 0.874. The minimum Gasteiger partial charge on any atom is -0.354 e. The first kappa shape index (κ1) is 14.7. The van der Waals surface area contributed by atoms with Crippen LogP contribution in [0, 0.1) is 0 Å². The van der Waals surface area contributed by atoms with E-state index in [1.54, 1.807) is 18.3 Å². The van der Waals surface area contributed by atoms with Crippen LogP contribution in [-0.4, -0.2) is 37.7 Å². The number of rotatable bonds is 2. The molecule has 8 heteroatoms. The lowest BCUT2D eigenvalue weighted by molar-refractivity contribution is 0.595. The molecular weight excluding hydrogens is 300 g/mol. The lowest BCUT2D eigenvalue weighted by atomic mass is 10.2. The summed E-state index contributed by atoms with van der Waals surface area (Å²) in [5.74, 6) is 0.719. The molecule has 0 fully saturated rings. The van der Waals surface area contributed by atoms with Crippen molar-refractivity contribution in [3.8, 4) is 0 Å². The Morgan fingerprint density at radius 2 is 2.15 bits per heavy atom. The number of benzene rings is 1. The number of halogens is 1. The molecule has 0 saturated carbocycles. The molecule has 1 aromatic carbocycles. The molecule has 0 spiro atoms. The van der Waals surface area contributed by atoms with E-state index in [9.17, 15) is 8.42 Å². The third-order valence-electron chi connectivity index (χ3n) is 2.95. The number of anilines is 1. The van der Waals surface area contributed by atoms with E-state index in [2.05, 4.69) is 15.6 Å². The van der Waals surface area contributed by atoms with Gasteiger partial charge in [-0.25, -0.2) is 12.4 Å². The minimum atomic E-state index is -3.29. The average molecular weight is 315 g/mol. The molecule has 108 valence electrons. The molecule has 3 rings (SSSR count). The van der Waals surface area contributed by atoms with Gasteiger partial charge in [0.1, 0.15) is 0 Å². The monoisotopic (exact) mass is 314 g/mol. The Balaban J connectivity index is 0.00000147. The van der Waals surface area contributed by atoms with Gasteiger partial charge in [0.25, 0.3) is 0 Å². The first-order chi connectivity index (χ1) is 9.04. The van der Waals surface area contributed by atoms with Crippen LogP contribution in [0.4, 0.5) is 5.69 Å². The Bertz CT molecular complexity index is 767. The first-order valence-electron chi connectivity index (χ1n) is 5.91.